The second kappa shape index (κ2) is 6.63. The van der Waals surface area contributed by atoms with Gasteiger partial charge < -0.3 is 10.1 Å². The summed E-state index contributed by atoms with van der Waals surface area (Å²) in [6.07, 6.45) is 0. The van der Waals surface area contributed by atoms with E-state index < -0.39 is 0 Å². The van der Waals surface area contributed by atoms with Crippen molar-refractivity contribution in [2.75, 3.05) is 7.11 Å². The number of hydrogen-bond acceptors (Lipinski definition) is 2. The van der Waals surface area contributed by atoms with Crippen LogP contribution < -0.4 is 10.1 Å². The van der Waals surface area contributed by atoms with Crippen LogP contribution in [0.4, 0.5) is 0 Å². The Bertz CT molecular complexity index is 761. The van der Waals surface area contributed by atoms with E-state index in [2.05, 4.69) is 66.8 Å². The van der Waals surface area contributed by atoms with Crippen LogP contribution in [0.1, 0.15) is 24.1 Å². The highest BCUT2D eigenvalue weighted by Crippen LogP contribution is 2.24. The van der Waals surface area contributed by atoms with Gasteiger partial charge in [-0.15, -0.1) is 0 Å². The van der Waals surface area contributed by atoms with Gasteiger partial charge in [0.15, 0.2) is 0 Å². The Morgan fingerprint density at radius 1 is 0.955 bits per heavy atom. The molecule has 0 aliphatic heterocycles. The highest BCUT2D eigenvalue weighted by molar-refractivity contribution is 5.86. The normalized spacial score (nSPS) is 12.3. The molecule has 0 amide bonds. The molecular weight excluding hydrogens is 270 g/mol. The Morgan fingerprint density at radius 3 is 2.59 bits per heavy atom. The zero-order valence-corrected chi connectivity index (χ0v) is 13.0. The molecule has 22 heavy (non-hydrogen) atoms. The minimum absolute atomic E-state index is 0.289. The Morgan fingerprint density at radius 2 is 1.73 bits per heavy atom. The first-order valence-corrected chi connectivity index (χ1v) is 7.62. The highest BCUT2D eigenvalue weighted by atomic mass is 16.5. The summed E-state index contributed by atoms with van der Waals surface area (Å²) < 4.78 is 5.28. The third-order valence-corrected chi connectivity index (χ3v) is 4.04. The largest absolute Gasteiger partial charge is 0.497 e. The maximum absolute atomic E-state index is 5.28. The SMILES string of the molecule is COc1cccc(CNC(C)c2cccc3ccccc23)c1. The smallest absolute Gasteiger partial charge is 0.119 e. The summed E-state index contributed by atoms with van der Waals surface area (Å²) in [5.41, 5.74) is 2.56. The minimum Gasteiger partial charge on any atom is -0.497 e. The van der Waals surface area contributed by atoms with Crippen molar-refractivity contribution in [3.63, 3.8) is 0 Å². The van der Waals surface area contributed by atoms with Gasteiger partial charge in [-0.2, -0.15) is 0 Å². The van der Waals surface area contributed by atoms with Gasteiger partial charge in [0.1, 0.15) is 5.75 Å². The Balaban J connectivity index is 1.77. The summed E-state index contributed by atoms with van der Waals surface area (Å²) in [6.45, 7) is 3.03. The van der Waals surface area contributed by atoms with Crippen molar-refractivity contribution in [3.8, 4) is 5.75 Å². The molecular formula is C20H21NO. The molecule has 0 spiro atoms. The lowest BCUT2D eigenvalue weighted by Gasteiger charge is -2.17. The van der Waals surface area contributed by atoms with E-state index in [1.54, 1.807) is 7.11 Å². The fourth-order valence-electron chi connectivity index (χ4n) is 2.79. The van der Waals surface area contributed by atoms with Crippen LogP contribution in [0.2, 0.25) is 0 Å². The molecule has 1 N–H and O–H groups in total. The molecule has 2 nitrogen and oxygen atoms in total. The maximum Gasteiger partial charge on any atom is 0.119 e. The standard InChI is InChI=1S/C20H21NO/c1-15(21-14-16-7-5-10-18(13-16)22-2)19-12-6-9-17-8-3-4-11-20(17)19/h3-13,15,21H,14H2,1-2H3. The Labute approximate surface area is 131 Å². The molecule has 3 aromatic rings. The summed E-state index contributed by atoms with van der Waals surface area (Å²) in [4.78, 5) is 0. The summed E-state index contributed by atoms with van der Waals surface area (Å²) >= 11 is 0. The zero-order chi connectivity index (χ0) is 15.4. The van der Waals surface area contributed by atoms with E-state index >= 15 is 0 Å². The second-order valence-corrected chi connectivity index (χ2v) is 5.52. The van der Waals surface area contributed by atoms with E-state index in [-0.39, 0.29) is 6.04 Å². The van der Waals surface area contributed by atoms with Crippen LogP contribution in [0.15, 0.2) is 66.7 Å². The third kappa shape index (κ3) is 3.12. The topological polar surface area (TPSA) is 21.3 Å². The van der Waals surface area contributed by atoms with Crippen molar-refractivity contribution in [2.45, 2.75) is 19.5 Å². The van der Waals surface area contributed by atoms with E-state index in [4.69, 9.17) is 4.74 Å². The molecule has 0 aliphatic rings. The molecule has 2 heteroatoms. The Kier molecular flexibility index (Phi) is 4.40. The van der Waals surface area contributed by atoms with Crippen LogP contribution in [0.3, 0.4) is 0 Å². The first-order chi connectivity index (χ1) is 10.8. The predicted molar refractivity (Wildman–Crippen MR) is 92.2 cm³/mol. The van der Waals surface area contributed by atoms with Gasteiger partial charge in [-0.25, -0.2) is 0 Å². The van der Waals surface area contributed by atoms with Crippen molar-refractivity contribution < 1.29 is 4.74 Å². The van der Waals surface area contributed by atoms with Crippen LogP contribution in [0.5, 0.6) is 5.75 Å². The molecule has 0 fully saturated rings. The number of methoxy groups -OCH3 is 1. The number of hydrogen-bond donors (Lipinski definition) is 1. The summed E-state index contributed by atoms with van der Waals surface area (Å²) in [7, 11) is 1.70. The average molecular weight is 291 g/mol. The molecule has 1 atom stereocenters. The summed E-state index contributed by atoms with van der Waals surface area (Å²) in [5, 5.41) is 6.21. The van der Waals surface area contributed by atoms with Crippen molar-refractivity contribution in [1.29, 1.82) is 0 Å². The van der Waals surface area contributed by atoms with Gasteiger partial charge in [0.05, 0.1) is 7.11 Å². The van der Waals surface area contributed by atoms with Crippen molar-refractivity contribution >= 4 is 10.8 Å². The summed E-state index contributed by atoms with van der Waals surface area (Å²) in [6, 6.07) is 23.5. The van der Waals surface area contributed by atoms with Crippen molar-refractivity contribution in [1.82, 2.24) is 5.32 Å². The van der Waals surface area contributed by atoms with Crippen molar-refractivity contribution in [2.24, 2.45) is 0 Å². The van der Waals surface area contributed by atoms with E-state index in [0.717, 1.165) is 12.3 Å². The predicted octanol–water partition coefficient (Wildman–Crippen LogP) is 4.70. The third-order valence-electron chi connectivity index (χ3n) is 4.04. The second-order valence-electron chi connectivity index (χ2n) is 5.52. The van der Waals surface area contributed by atoms with Crippen LogP contribution in [0, 0.1) is 0 Å². The van der Waals surface area contributed by atoms with E-state index in [1.807, 2.05) is 12.1 Å². The van der Waals surface area contributed by atoms with E-state index in [0.29, 0.717) is 0 Å². The van der Waals surface area contributed by atoms with E-state index in [9.17, 15) is 0 Å². The molecule has 112 valence electrons. The lowest BCUT2D eigenvalue weighted by atomic mass is 9.99. The molecule has 0 aliphatic carbocycles. The fourth-order valence-corrected chi connectivity index (χ4v) is 2.79. The molecule has 0 heterocycles. The van der Waals surface area contributed by atoms with Crippen molar-refractivity contribution in [3.05, 3.63) is 77.9 Å². The first kappa shape index (κ1) is 14.6. The number of rotatable bonds is 5. The molecule has 0 saturated heterocycles. The van der Waals surface area contributed by atoms with Crippen LogP contribution in [-0.2, 0) is 6.54 Å². The number of benzene rings is 3. The molecule has 1 unspecified atom stereocenters. The van der Waals surface area contributed by atoms with Gasteiger partial charge in [-0.05, 0) is 41.0 Å². The molecule has 3 rings (SSSR count). The first-order valence-electron chi connectivity index (χ1n) is 7.62. The van der Waals surface area contributed by atoms with Crippen LogP contribution in [0.25, 0.3) is 10.8 Å². The van der Waals surface area contributed by atoms with Gasteiger partial charge in [-0.1, -0.05) is 54.6 Å². The highest BCUT2D eigenvalue weighted by Gasteiger charge is 2.08. The van der Waals surface area contributed by atoms with Gasteiger partial charge in [0.2, 0.25) is 0 Å². The molecule has 0 bridgehead atoms. The average Bonchev–Trinajstić information content (AvgIpc) is 2.59. The quantitative estimate of drug-likeness (QED) is 0.735. The molecule has 3 aromatic carbocycles. The maximum atomic E-state index is 5.28. The van der Waals surface area contributed by atoms with Gasteiger partial charge in [0.25, 0.3) is 0 Å². The molecule has 0 radical (unpaired) electrons. The number of nitrogens with one attached hydrogen (secondary N) is 1. The number of fused-ring (bicyclic) bond motifs is 1. The van der Waals surface area contributed by atoms with E-state index in [1.165, 1.54) is 21.9 Å². The monoisotopic (exact) mass is 291 g/mol. The lowest BCUT2D eigenvalue weighted by molar-refractivity contribution is 0.414. The number of ether oxygens (including phenoxy) is 1. The van der Waals surface area contributed by atoms with Crippen LogP contribution in [-0.4, -0.2) is 7.11 Å². The lowest BCUT2D eigenvalue weighted by Crippen LogP contribution is -2.18. The van der Waals surface area contributed by atoms with Gasteiger partial charge >= 0.3 is 0 Å². The molecule has 0 aromatic heterocycles. The van der Waals surface area contributed by atoms with Crippen LogP contribution >= 0.6 is 0 Å². The summed E-state index contributed by atoms with van der Waals surface area (Å²) in [5.74, 6) is 0.900. The van der Waals surface area contributed by atoms with Gasteiger partial charge in [-0.3, -0.25) is 0 Å². The fraction of sp³-hybridized carbons (Fsp3) is 0.200. The minimum atomic E-state index is 0.289. The molecule has 0 saturated carbocycles. The zero-order valence-electron chi connectivity index (χ0n) is 13.0. The van der Waals surface area contributed by atoms with Gasteiger partial charge in [0, 0.05) is 12.6 Å². The Hall–Kier alpha value is -2.32.